The number of fused-ring (bicyclic) bond motifs is 1. The lowest BCUT2D eigenvalue weighted by Crippen LogP contribution is -2.42. The van der Waals surface area contributed by atoms with Crippen LogP contribution in [0.1, 0.15) is 43.3 Å². The molecule has 0 unspecified atom stereocenters. The summed E-state index contributed by atoms with van der Waals surface area (Å²) in [6.07, 6.45) is 1.90. The number of amides is 3. The maximum absolute atomic E-state index is 12.7. The summed E-state index contributed by atoms with van der Waals surface area (Å²) in [6, 6.07) is -0.640. The number of aromatic nitrogens is 2. The molecule has 0 spiro atoms. The molecule has 0 saturated carbocycles. The van der Waals surface area contributed by atoms with Gasteiger partial charge in [-0.05, 0) is 26.2 Å². The summed E-state index contributed by atoms with van der Waals surface area (Å²) in [7, 11) is 0. The quantitative estimate of drug-likeness (QED) is 0.680. The van der Waals surface area contributed by atoms with E-state index in [2.05, 4.69) is 15.6 Å². The van der Waals surface area contributed by atoms with E-state index in [1.165, 1.54) is 6.92 Å². The molecule has 152 valence electrons. The van der Waals surface area contributed by atoms with Gasteiger partial charge in [-0.25, -0.2) is 14.6 Å². The number of aryl methyl sites for hydroxylation is 1. The zero-order valence-electron chi connectivity index (χ0n) is 16.3. The Hall–Kier alpha value is -3.17. The Kier molecular flexibility index (Phi) is 6.91. The third-order valence-corrected chi connectivity index (χ3v) is 3.91. The largest absolute Gasteiger partial charge is 0.462 e. The number of rotatable bonds is 7. The molecule has 2 N–H and O–H groups in total. The van der Waals surface area contributed by atoms with E-state index < -0.39 is 30.0 Å². The van der Waals surface area contributed by atoms with Crippen LogP contribution in [-0.2, 0) is 16.1 Å². The fourth-order valence-electron chi connectivity index (χ4n) is 2.54. The lowest BCUT2D eigenvalue weighted by atomic mass is 10.1. The second-order valence-corrected chi connectivity index (χ2v) is 6.60. The highest BCUT2D eigenvalue weighted by Crippen LogP contribution is 2.21. The molecule has 0 saturated heterocycles. The number of carbonyl (C=O) groups excluding carboxylic acids is 3. The van der Waals surface area contributed by atoms with Gasteiger partial charge in [0.05, 0.1) is 6.61 Å². The molecule has 0 bridgehead atoms. The van der Waals surface area contributed by atoms with Crippen molar-refractivity contribution in [2.75, 3.05) is 13.2 Å². The van der Waals surface area contributed by atoms with Crippen LogP contribution in [0.2, 0.25) is 0 Å². The molecule has 2 heterocycles. The molecule has 3 amide bonds. The van der Waals surface area contributed by atoms with Crippen LogP contribution in [0.5, 0.6) is 0 Å². The number of urea groups is 1. The van der Waals surface area contributed by atoms with Gasteiger partial charge in [0, 0.05) is 6.54 Å². The Labute approximate surface area is 161 Å². The summed E-state index contributed by atoms with van der Waals surface area (Å²) in [5.74, 6) is -0.781. The van der Waals surface area contributed by atoms with Crippen molar-refractivity contribution < 1.29 is 23.5 Å². The predicted molar refractivity (Wildman–Crippen MR) is 100.0 cm³/mol. The molecular formula is C18H24N4O6. The maximum atomic E-state index is 12.7. The smallest absolute Gasteiger partial charge is 0.342 e. The molecule has 0 radical (unpaired) electrons. The van der Waals surface area contributed by atoms with Crippen molar-refractivity contribution in [1.29, 1.82) is 0 Å². The van der Waals surface area contributed by atoms with Gasteiger partial charge in [-0.2, -0.15) is 0 Å². The summed E-state index contributed by atoms with van der Waals surface area (Å²) in [6.45, 7) is 7.32. The Morgan fingerprint density at radius 1 is 1.32 bits per heavy atom. The van der Waals surface area contributed by atoms with Gasteiger partial charge in [0.15, 0.2) is 0 Å². The zero-order valence-corrected chi connectivity index (χ0v) is 16.3. The fourth-order valence-corrected chi connectivity index (χ4v) is 2.54. The van der Waals surface area contributed by atoms with Gasteiger partial charge in [0.25, 0.3) is 5.56 Å². The molecule has 2 rings (SSSR count). The Balaban J connectivity index is 2.17. The van der Waals surface area contributed by atoms with Crippen LogP contribution in [0.25, 0.3) is 11.1 Å². The van der Waals surface area contributed by atoms with Gasteiger partial charge in [-0.1, -0.05) is 13.8 Å². The van der Waals surface area contributed by atoms with Crippen LogP contribution in [0.15, 0.2) is 15.5 Å². The zero-order chi connectivity index (χ0) is 20.8. The molecule has 0 aromatic carbocycles. The second kappa shape index (κ2) is 9.16. The number of nitrogens with one attached hydrogen (secondary N) is 2. The fraction of sp³-hybridized carbons (Fsp3) is 0.500. The van der Waals surface area contributed by atoms with E-state index in [0.717, 1.165) is 17.3 Å². The van der Waals surface area contributed by atoms with Crippen molar-refractivity contribution >= 4 is 29.0 Å². The monoisotopic (exact) mass is 392 g/mol. The standard InChI is InChI=1S/C18H24N4O6/c1-5-27-17(25)13-11(4)28-15-14(13)16(24)22(9-20-15)8-12(23)21-18(26)19-7-6-10(2)3/h9-10H,5-8H2,1-4H3,(H2,19,21,23,26). The molecule has 10 heteroatoms. The van der Waals surface area contributed by atoms with E-state index in [1.807, 2.05) is 13.8 Å². The average molecular weight is 392 g/mol. The van der Waals surface area contributed by atoms with Gasteiger partial charge in [-0.3, -0.25) is 19.5 Å². The van der Waals surface area contributed by atoms with Crippen LogP contribution in [0.4, 0.5) is 4.79 Å². The number of esters is 1. The van der Waals surface area contributed by atoms with Crippen LogP contribution < -0.4 is 16.2 Å². The van der Waals surface area contributed by atoms with Gasteiger partial charge >= 0.3 is 12.0 Å². The SMILES string of the molecule is CCOC(=O)c1c(C)oc2ncn(CC(=O)NC(=O)NCCC(C)C)c(=O)c12. The van der Waals surface area contributed by atoms with E-state index >= 15 is 0 Å². The highest BCUT2D eigenvalue weighted by molar-refractivity contribution is 6.03. The number of ether oxygens (including phenoxy) is 1. The lowest BCUT2D eigenvalue weighted by molar-refractivity contribution is -0.120. The molecule has 0 atom stereocenters. The van der Waals surface area contributed by atoms with Crippen LogP contribution in [0, 0.1) is 12.8 Å². The van der Waals surface area contributed by atoms with Gasteiger partial charge in [0.1, 0.15) is 29.6 Å². The van der Waals surface area contributed by atoms with Crippen molar-refractivity contribution in [3.05, 3.63) is 28.0 Å². The minimum atomic E-state index is -0.704. The molecule has 28 heavy (non-hydrogen) atoms. The number of nitrogens with zero attached hydrogens (tertiary/aromatic N) is 2. The Morgan fingerprint density at radius 3 is 2.68 bits per heavy atom. The molecule has 10 nitrogen and oxygen atoms in total. The van der Waals surface area contributed by atoms with E-state index in [1.54, 1.807) is 6.92 Å². The third kappa shape index (κ3) is 4.96. The predicted octanol–water partition coefficient (Wildman–Crippen LogP) is 1.35. The third-order valence-electron chi connectivity index (χ3n) is 3.91. The van der Waals surface area contributed by atoms with Crippen molar-refractivity contribution in [2.24, 2.45) is 5.92 Å². The normalized spacial score (nSPS) is 10.9. The minimum Gasteiger partial charge on any atom is -0.462 e. The maximum Gasteiger partial charge on any atom is 0.342 e. The van der Waals surface area contributed by atoms with E-state index in [-0.39, 0.29) is 29.0 Å². The van der Waals surface area contributed by atoms with Crippen molar-refractivity contribution in [3.63, 3.8) is 0 Å². The molecule has 2 aromatic rings. The van der Waals surface area contributed by atoms with E-state index in [4.69, 9.17) is 9.15 Å². The van der Waals surface area contributed by atoms with Crippen LogP contribution >= 0.6 is 0 Å². The number of hydrogen-bond donors (Lipinski definition) is 2. The first-order chi connectivity index (χ1) is 13.2. The van der Waals surface area contributed by atoms with Crippen molar-refractivity contribution in [1.82, 2.24) is 20.2 Å². The van der Waals surface area contributed by atoms with Gasteiger partial charge in [0.2, 0.25) is 11.6 Å². The highest BCUT2D eigenvalue weighted by atomic mass is 16.5. The first-order valence-electron chi connectivity index (χ1n) is 8.97. The average Bonchev–Trinajstić information content (AvgIpc) is 2.94. The summed E-state index contributed by atoms with van der Waals surface area (Å²) < 4.78 is 11.3. The Morgan fingerprint density at radius 2 is 2.04 bits per heavy atom. The summed E-state index contributed by atoms with van der Waals surface area (Å²) in [5, 5.41) is 4.65. The number of carbonyl (C=O) groups is 3. The van der Waals surface area contributed by atoms with Crippen molar-refractivity contribution in [3.8, 4) is 0 Å². The van der Waals surface area contributed by atoms with Gasteiger partial charge < -0.3 is 14.5 Å². The molecule has 0 aliphatic rings. The highest BCUT2D eigenvalue weighted by Gasteiger charge is 2.24. The summed E-state index contributed by atoms with van der Waals surface area (Å²) in [4.78, 5) is 52.6. The van der Waals surface area contributed by atoms with Crippen molar-refractivity contribution in [2.45, 2.75) is 40.7 Å². The number of imide groups is 1. The molecule has 0 aliphatic carbocycles. The first kappa shape index (κ1) is 21.1. The van der Waals surface area contributed by atoms with E-state index in [9.17, 15) is 19.2 Å². The number of hydrogen-bond acceptors (Lipinski definition) is 7. The summed E-state index contributed by atoms with van der Waals surface area (Å²) >= 11 is 0. The lowest BCUT2D eigenvalue weighted by Gasteiger charge is -2.09. The minimum absolute atomic E-state index is 0.0180. The van der Waals surface area contributed by atoms with E-state index in [0.29, 0.717) is 12.5 Å². The molecule has 2 aromatic heterocycles. The number of furan rings is 1. The molecule has 0 aliphatic heterocycles. The van der Waals surface area contributed by atoms with Crippen LogP contribution in [-0.4, -0.2) is 40.6 Å². The van der Waals surface area contributed by atoms with Gasteiger partial charge in [-0.15, -0.1) is 0 Å². The Bertz CT molecular complexity index is 943. The molecular weight excluding hydrogens is 368 g/mol. The topological polar surface area (TPSA) is 133 Å². The molecule has 0 fully saturated rings. The van der Waals surface area contributed by atoms with Crippen LogP contribution in [0.3, 0.4) is 0 Å². The first-order valence-corrected chi connectivity index (χ1v) is 8.97. The summed E-state index contributed by atoms with van der Waals surface area (Å²) in [5.41, 5.74) is -0.676. The second-order valence-electron chi connectivity index (χ2n) is 6.60.